The third kappa shape index (κ3) is 4.96. The Bertz CT molecular complexity index is 1730. The number of hydrogen-bond donors (Lipinski definition) is 1. The van der Waals surface area contributed by atoms with E-state index in [9.17, 15) is 19.2 Å². The van der Waals surface area contributed by atoms with Crippen molar-refractivity contribution in [3.63, 3.8) is 0 Å². The number of amides is 3. The number of thioether (sulfide) groups is 1. The van der Waals surface area contributed by atoms with Crippen molar-refractivity contribution in [2.75, 3.05) is 17.3 Å². The Labute approximate surface area is 248 Å². The van der Waals surface area contributed by atoms with Gasteiger partial charge in [0.05, 0.1) is 23.7 Å². The Morgan fingerprint density at radius 1 is 1.00 bits per heavy atom. The standard InChI is InChI=1S/C30H24ClN3O5S2/c1-16-4-3-5-19(14-16)32-22(35)15-33-29-26(41-30(33)38)23(17-6-12-21(39-2)13-7-17)24-25(40-29)28(37)34(27(24)36)20-10-8-18(31)9-11-20/h3-14,23-25H,15H2,1-2H3,(H,32,35)/t23-,24-,25+/m0/s1. The zero-order valence-corrected chi connectivity index (χ0v) is 24.4. The average molecular weight is 606 g/mol. The van der Waals surface area contributed by atoms with Crippen molar-refractivity contribution in [3.8, 4) is 5.75 Å². The van der Waals surface area contributed by atoms with Gasteiger partial charge in [0.15, 0.2) is 0 Å². The van der Waals surface area contributed by atoms with Gasteiger partial charge in [-0.1, -0.05) is 59.0 Å². The Balaban J connectivity index is 1.41. The van der Waals surface area contributed by atoms with Crippen LogP contribution < -0.4 is 19.8 Å². The number of rotatable bonds is 6. The number of fused-ring (bicyclic) bond motifs is 2. The molecule has 0 saturated carbocycles. The van der Waals surface area contributed by atoms with Gasteiger partial charge in [-0.15, -0.1) is 0 Å². The average Bonchev–Trinajstić information content (AvgIpc) is 3.40. The predicted octanol–water partition coefficient (Wildman–Crippen LogP) is 5.31. The molecule has 6 rings (SSSR count). The maximum Gasteiger partial charge on any atom is 0.308 e. The molecule has 11 heteroatoms. The van der Waals surface area contributed by atoms with Crippen LogP contribution in [0.25, 0.3) is 0 Å². The number of ether oxygens (including phenoxy) is 1. The quantitative estimate of drug-likeness (QED) is 0.299. The number of halogens is 1. The van der Waals surface area contributed by atoms with Gasteiger partial charge in [-0.3, -0.25) is 23.7 Å². The largest absolute Gasteiger partial charge is 0.497 e. The van der Waals surface area contributed by atoms with Gasteiger partial charge in [0.1, 0.15) is 17.5 Å². The van der Waals surface area contributed by atoms with Crippen LogP contribution in [0.5, 0.6) is 5.75 Å². The number of carbonyl (C=O) groups is 3. The lowest BCUT2D eigenvalue weighted by Gasteiger charge is -2.30. The van der Waals surface area contributed by atoms with Crippen LogP contribution in [-0.2, 0) is 20.9 Å². The summed E-state index contributed by atoms with van der Waals surface area (Å²) in [5.74, 6) is -1.73. The summed E-state index contributed by atoms with van der Waals surface area (Å²) in [6.07, 6.45) is 0. The summed E-state index contributed by atoms with van der Waals surface area (Å²) in [6, 6.07) is 21.2. The van der Waals surface area contributed by atoms with Crippen LogP contribution in [0, 0.1) is 12.8 Å². The van der Waals surface area contributed by atoms with Gasteiger partial charge in [-0.25, -0.2) is 4.90 Å². The van der Waals surface area contributed by atoms with Gasteiger partial charge < -0.3 is 10.1 Å². The first-order valence-corrected chi connectivity index (χ1v) is 14.9. The second kappa shape index (κ2) is 10.8. The zero-order chi connectivity index (χ0) is 28.8. The van der Waals surface area contributed by atoms with Gasteiger partial charge in [0.25, 0.3) is 0 Å². The maximum absolute atomic E-state index is 13.9. The maximum atomic E-state index is 13.9. The molecule has 1 aromatic heterocycles. The minimum atomic E-state index is -0.780. The second-order valence-corrected chi connectivity index (χ2v) is 12.4. The highest BCUT2D eigenvalue weighted by molar-refractivity contribution is 8.00. The zero-order valence-electron chi connectivity index (χ0n) is 22.0. The molecule has 208 valence electrons. The number of hydrogen-bond acceptors (Lipinski definition) is 7. The lowest BCUT2D eigenvalue weighted by atomic mass is 9.83. The van der Waals surface area contributed by atoms with E-state index in [0.717, 1.165) is 22.5 Å². The lowest BCUT2D eigenvalue weighted by molar-refractivity contribution is -0.122. The van der Waals surface area contributed by atoms with Crippen LogP contribution in [0.4, 0.5) is 11.4 Å². The molecule has 4 aromatic rings. The number of aryl methyl sites for hydroxylation is 1. The van der Waals surface area contributed by atoms with Crippen LogP contribution in [-0.4, -0.2) is 34.6 Å². The van der Waals surface area contributed by atoms with Gasteiger partial charge in [0.2, 0.25) is 17.7 Å². The molecule has 0 aliphatic carbocycles. The molecule has 41 heavy (non-hydrogen) atoms. The summed E-state index contributed by atoms with van der Waals surface area (Å²) < 4.78 is 6.73. The topological polar surface area (TPSA) is 97.7 Å². The van der Waals surface area contributed by atoms with E-state index in [2.05, 4.69) is 5.32 Å². The summed E-state index contributed by atoms with van der Waals surface area (Å²) >= 11 is 8.24. The number of aromatic nitrogens is 1. The molecule has 0 bridgehead atoms. The van der Waals surface area contributed by atoms with Gasteiger partial charge >= 0.3 is 4.87 Å². The molecule has 0 spiro atoms. The van der Waals surface area contributed by atoms with E-state index in [0.29, 0.717) is 32.1 Å². The molecular weight excluding hydrogens is 582 g/mol. The smallest absolute Gasteiger partial charge is 0.308 e. The lowest BCUT2D eigenvalue weighted by Crippen LogP contribution is -2.33. The van der Waals surface area contributed by atoms with Crippen LogP contribution in [0.3, 0.4) is 0 Å². The van der Waals surface area contributed by atoms with Crippen molar-refractivity contribution >= 4 is 63.8 Å². The molecule has 0 unspecified atom stereocenters. The number of thiazole rings is 1. The van der Waals surface area contributed by atoms with Crippen LogP contribution >= 0.6 is 34.7 Å². The van der Waals surface area contributed by atoms with Crippen molar-refractivity contribution in [2.45, 2.75) is 29.7 Å². The first-order valence-electron chi connectivity index (χ1n) is 12.8. The number of carbonyl (C=O) groups excluding carboxylic acids is 3. The van der Waals surface area contributed by atoms with Gasteiger partial charge in [-0.2, -0.15) is 0 Å². The molecule has 2 aliphatic heterocycles. The summed E-state index contributed by atoms with van der Waals surface area (Å²) in [4.78, 5) is 55.6. The van der Waals surface area contributed by atoms with E-state index in [4.69, 9.17) is 16.3 Å². The summed E-state index contributed by atoms with van der Waals surface area (Å²) in [7, 11) is 1.57. The Kier molecular flexibility index (Phi) is 7.23. The molecule has 2 aliphatic rings. The Morgan fingerprint density at radius 2 is 1.73 bits per heavy atom. The number of imide groups is 1. The Hall–Kier alpha value is -3.86. The van der Waals surface area contributed by atoms with Crippen LogP contribution in [0.2, 0.25) is 5.02 Å². The number of nitrogens with one attached hydrogen (secondary N) is 1. The highest BCUT2D eigenvalue weighted by Crippen LogP contribution is 2.54. The first kappa shape index (κ1) is 27.3. The van der Waals surface area contributed by atoms with E-state index in [1.54, 1.807) is 49.6 Å². The minimum absolute atomic E-state index is 0.221. The highest BCUT2D eigenvalue weighted by Gasteiger charge is 2.56. The van der Waals surface area contributed by atoms with Gasteiger partial charge in [0, 0.05) is 21.5 Å². The molecule has 3 heterocycles. The van der Waals surface area contributed by atoms with Crippen LogP contribution in [0.15, 0.2) is 82.6 Å². The van der Waals surface area contributed by atoms with Crippen molar-refractivity contribution in [2.24, 2.45) is 5.92 Å². The van der Waals surface area contributed by atoms with Gasteiger partial charge in [-0.05, 0) is 66.6 Å². The molecule has 1 N–H and O–H groups in total. The summed E-state index contributed by atoms with van der Waals surface area (Å²) in [5.41, 5.74) is 2.84. The molecule has 3 amide bonds. The first-order chi connectivity index (χ1) is 19.7. The molecule has 1 saturated heterocycles. The summed E-state index contributed by atoms with van der Waals surface area (Å²) in [5, 5.41) is 3.09. The third-order valence-electron chi connectivity index (χ3n) is 7.21. The van der Waals surface area contributed by atoms with Crippen molar-refractivity contribution in [1.82, 2.24) is 4.57 Å². The fraction of sp³-hybridized carbons (Fsp3) is 0.200. The fourth-order valence-electron chi connectivity index (χ4n) is 5.34. The Morgan fingerprint density at radius 3 is 2.41 bits per heavy atom. The van der Waals surface area contributed by atoms with E-state index in [-0.39, 0.29) is 29.1 Å². The van der Waals surface area contributed by atoms with Crippen molar-refractivity contribution in [1.29, 1.82) is 0 Å². The molecule has 1 fully saturated rings. The normalized spacial score (nSPS) is 19.6. The molecule has 3 aromatic carbocycles. The minimum Gasteiger partial charge on any atom is -0.497 e. The van der Waals surface area contributed by atoms with E-state index >= 15 is 0 Å². The number of benzene rings is 3. The van der Waals surface area contributed by atoms with E-state index in [1.165, 1.54) is 21.2 Å². The third-order valence-corrected chi connectivity index (χ3v) is 10.1. The molecule has 8 nitrogen and oxygen atoms in total. The number of anilines is 2. The SMILES string of the molecule is COc1ccc([C@@H]2c3sc(=O)n(CC(=O)Nc4cccc(C)c4)c3S[C@H]3C(=O)N(c4ccc(Cl)cc4)C(=O)[C@@H]23)cc1. The summed E-state index contributed by atoms with van der Waals surface area (Å²) in [6.45, 7) is 1.70. The molecule has 3 atom stereocenters. The highest BCUT2D eigenvalue weighted by atomic mass is 35.5. The number of methoxy groups -OCH3 is 1. The van der Waals surface area contributed by atoms with Crippen molar-refractivity contribution in [3.05, 3.63) is 103 Å². The van der Waals surface area contributed by atoms with E-state index in [1.807, 2.05) is 37.3 Å². The predicted molar refractivity (Wildman–Crippen MR) is 160 cm³/mol. The van der Waals surface area contributed by atoms with E-state index < -0.39 is 17.1 Å². The fourth-order valence-corrected chi connectivity index (χ4v) is 8.24. The molecular formula is C30H24ClN3O5S2. The monoisotopic (exact) mass is 605 g/mol. The molecule has 0 radical (unpaired) electrons. The number of nitrogens with zero attached hydrogens (tertiary/aromatic N) is 2. The second-order valence-electron chi connectivity index (χ2n) is 9.84. The van der Waals surface area contributed by atoms with Crippen LogP contribution in [0.1, 0.15) is 21.9 Å². The van der Waals surface area contributed by atoms with Crippen molar-refractivity contribution < 1.29 is 19.1 Å².